The van der Waals surface area contributed by atoms with Crippen molar-refractivity contribution in [3.63, 3.8) is 0 Å². The fourth-order valence-corrected chi connectivity index (χ4v) is 2.44. The summed E-state index contributed by atoms with van der Waals surface area (Å²) in [5.41, 5.74) is 5.51. The molecule has 2 N–H and O–H groups in total. The van der Waals surface area contributed by atoms with Crippen molar-refractivity contribution in [2.45, 2.75) is 24.9 Å². The molecule has 0 aromatic carbocycles. The average Bonchev–Trinajstić information content (AvgIpc) is 2.82. The van der Waals surface area contributed by atoms with Crippen LogP contribution in [-0.4, -0.2) is 27.8 Å². The van der Waals surface area contributed by atoms with E-state index in [1.54, 1.807) is 6.07 Å². The Hall–Kier alpha value is -1.83. The third-order valence-corrected chi connectivity index (χ3v) is 3.40. The fourth-order valence-electron chi connectivity index (χ4n) is 2.44. The number of ether oxygens (including phenoxy) is 1. The summed E-state index contributed by atoms with van der Waals surface area (Å²) in [6.45, 7) is 1.17. The van der Waals surface area contributed by atoms with Crippen LogP contribution in [0.4, 0.5) is 19.0 Å². The summed E-state index contributed by atoms with van der Waals surface area (Å²) >= 11 is 0. The van der Waals surface area contributed by atoms with Gasteiger partial charge in [0.25, 0.3) is 0 Å². The van der Waals surface area contributed by atoms with E-state index in [4.69, 9.17) is 10.5 Å². The number of hydrogen-bond acceptors (Lipinski definition) is 4. The summed E-state index contributed by atoms with van der Waals surface area (Å²) in [6, 6.07) is 2.51. The van der Waals surface area contributed by atoms with Crippen molar-refractivity contribution in [3.8, 4) is 0 Å². The predicted molar refractivity (Wildman–Crippen MR) is 65.2 cm³/mol. The van der Waals surface area contributed by atoms with E-state index in [9.17, 15) is 13.2 Å². The molecule has 8 heteroatoms. The van der Waals surface area contributed by atoms with Gasteiger partial charge >= 0.3 is 6.18 Å². The molecule has 3 heterocycles. The van der Waals surface area contributed by atoms with E-state index in [0.717, 1.165) is 18.9 Å². The SMILES string of the molecule is Nc1cc(C2CCOCC2)n2nc(C(F)(F)F)cc2n1. The zero-order valence-electron chi connectivity index (χ0n) is 10.5. The van der Waals surface area contributed by atoms with Gasteiger partial charge in [0.05, 0.1) is 5.69 Å². The summed E-state index contributed by atoms with van der Waals surface area (Å²) < 4.78 is 44.7. The molecule has 0 aliphatic carbocycles. The van der Waals surface area contributed by atoms with Crippen molar-refractivity contribution in [2.24, 2.45) is 0 Å². The van der Waals surface area contributed by atoms with Gasteiger partial charge in [-0.1, -0.05) is 0 Å². The highest BCUT2D eigenvalue weighted by atomic mass is 19.4. The number of alkyl halides is 3. The van der Waals surface area contributed by atoms with Gasteiger partial charge in [-0.15, -0.1) is 0 Å². The number of nitrogens with two attached hydrogens (primary N) is 1. The Balaban J connectivity index is 2.12. The first-order chi connectivity index (χ1) is 9.45. The minimum absolute atomic E-state index is 0.0810. The van der Waals surface area contributed by atoms with Gasteiger partial charge in [0, 0.05) is 31.3 Å². The zero-order chi connectivity index (χ0) is 14.3. The van der Waals surface area contributed by atoms with Crippen LogP contribution in [0.15, 0.2) is 12.1 Å². The van der Waals surface area contributed by atoms with E-state index in [1.807, 2.05) is 0 Å². The van der Waals surface area contributed by atoms with Gasteiger partial charge in [-0.25, -0.2) is 9.50 Å². The fraction of sp³-hybridized carbons (Fsp3) is 0.500. The Bertz CT molecular complexity index is 631. The van der Waals surface area contributed by atoms with Gasteiger partial charge < -0.3 is 10.5 Å². The average molecular weight is 286 g/mol. The Morgan fingerprint density at radius 2 is 1.95 bits per heavy atom. The first-order valence-electron chi connectivity index (χ1n) is 6.26. The predicted octanol–water partition coefficient (Wildman–Crippen LogP) is 2.22. The van der Waals surface area contributed by atoms with Gasteiger partial charge in [0.15, 0.2) is 11.3 Å². The van der Waals surface area contributed by atoms with Gasteiger partial charge in [0.2, 0.25) is 0 Å². The van der Waals surface area contributed by atoms with Crippen LogP contribution in [0.2, 0.25) is 0 Å². The molecule has 0 amide bonds. The van der Waals surface area contributed by atoms with E-state index in [-0.39, 0.29) is 17.4 Å². The number of aromatic nitrogens is 3. The molecule has 1 saturated heterocycles. The van der Waals surface area contributed by atoms with Crippen molar-refractivity contribution in [2.75, 3.05) is 18.9 Å². The van der Waals surface area contributed by atoms with Crippen molar-refractivity contribution in [3.05, 3.63) is 23.5 Å². The quantitative estimate of drug-likeness (QED) is 0.873. The molecule has 0 radical (unpaired) electrons. The third kappa shape index (κ3) is 2.31. The molecule has 0 saturated carbocycles. The largest absolute Gasteiger partial charge is 0.435 e. The minimum Gasteiger partial charge on any atom is -0.384 e. The molecule has 1 aliphatic heterocycles. The topological polar surface area (TPSA) is 65.4 Å². The number of fused-ring (bicyclic) bond motifs is 1. The van der Waals surface area contributed by atoms with Gasteiger partial charge in [-0.05, 0) is 12.8 Å². The van der Waals surface area contributed by atoms with Crippen LogP contribution in [0.3, 0.4) is 0 Å². The van der Waals surface area contributed by atoms with Crippen LogP contribution in [0.25, 0.3) is 5.65 Å². The van der Waals surface area contributed by atoms with E-state index >= 15 is 0 Å². The monoisotopic (exact) mass is 286 g/mol. The molecule has 0 unspecified atom stereocenters. The smallest absolute Gasteiger partial charge is 0.384 e. The number of hydrogen-bond donors (Lipinski definition) is 1. The molecular formula is C12H13F3N4O. The Morgan fingerprint density at radius 1 is 1.25 bits per heavy atom. The summed E-state index contributed by atoms with van der Waals surface area (Å²) in [7, 11) is 0. The molecule has 2 aromatic heterocycles. The summed E-state index contributed by atoms with van der Waals surface area (Å²) in [4.78, 5) is 3.91. The van der Waals surface area contributed by atoms with Crippen molar-refractivity contribution in [1.29, 1.82) is 0 Å². The second kappa shape index (κ2) is 4.62. The second-order valence-corrected chi connectivity index (χ2v) is 4.79. The lowest BCUT2D eigenvalue weighted by atomic mass is 9.96. The minimum atomic E-state index is -4.49. The maximum absolute atomic E-state index is 12.7. The van der Waals surface area contributed by atoms with Crippen LogP contribution in [0.5, 0.6) is 0 Å². The van der Waals surface area contributed by atoms with Crippen molar-refractivity contribution in [1.82, 2.24) is 14.6 Å². The first-order valence-corrected chi connectivity index (χ1v) is 6.26. The number of nitrogens with zero attached hydrogens (tertiary/aromatic N) is 3. The standard InChI is InChI=1S/C12H13F3N4O/c13-12(14,15)9-6-11-17-10(16)5-8(19(11)18-9)7-1-3-20-4-2-7/h5-7H,1-4H2,(H2,16,17). The molecule has 3 rings (SSSR count). The molecule has 0 atom stereocenters. The van der Waals surface area contributed by atoms with Crippen LogP contribution in [-0.2, 0) is 10.9 Å². The highest BCUT2D eigenvalue weighted by molar-refractivity contribution is 5.48. The zero-order valence-corrected chi connectivity index (χ0v) is 10.5. The van der Waals surface area contributed by atoms with Crippen molar-refractivity contribution < 1.29 is 17.9 Å². The van der Waals surface area contributed by atoms with E-state index in [2.05, 4.69) is 10.1 Å². The number of rotatable bonds is 1. The van der Waals surface area contributed by atoms with Crippen LogP contribution in [0.1, 0.15) is 30.1 Å². The van der Waals surface area contributed by atoms with Crippen molar-refractivity contribution >= 4 is 11.5 Å². The van der Waals surface area contributed by atoms with Gasteiger partial charge in [-0.2, -0.15) is 18.3 Å². The maximum atomic E-state index is 12.7. The lowest BCUT2D eigenvalue weighted by Crippen LogP contribution is -2.18. The molecule has 0 bridgehead atoms. The second-order valence-electron chi connectivity index (χ2n) is 4.79. The highest BCUT2D eigenvalue weighted by Gasteiger charge is 2.35. The van der Waals surface area contributed by atoms with E-state index in [0.29, 0.717) is 18.9 Å². The van der Waals surface area contributed by atoms with Gasteiger partial charge in [-0.3, -0.25) is 0 Å². The number of nitrogen functional groups attached to an aromatic ring is 1. The molecule has 20 heavy (non-hydrogen) atoms. The summed E-state index contributed by atoms with van der Waals surface area (Å²) in [5.74, 6) is 0.283. The number of halogens is 3. The van der Waals surface area contributed by atoms with Crippen LogP contribution < -0.4 is 5.73 Å². The van der Waals surface area contributed by atoms with Crippen LogP contribution in [0, 0.1) is 0 Å². The van der Waals surface area contributed by atoms with Gasteiger partial charge in [0.1, 0.15) is 5.82 Å². The lowest BCUT2D eigenvalue weighted by molar-refractivity contribution is -0.141. The molecule has 108 valence electrons. The first kappa shape index (κ1) is 13.2. The Labute approximate surface area is 112 Å². The molecule has 5 nitrogen and oxygen atoms in total. The highest BCUT2D eigenvalue weighted by Crippen LogP contribution is 2.32. The molecule has 2 aromatic rings. The van der Waals surface area contributed by atoms with Crippen LogP contribution >= 0.6 is 0 Å². The molecular weight excluding hydrogens is 273 g/mol. The Morgan fingerprint density at radius 3 is 2.60 bits per heavy atom. The Kier molecular flexibility index (Phi) is 3.04. The van der Waals surface area contributed by atoms with E-state index in [1.165, 1.54) is 4.52 Å². The summed E-state index contributed by atoms with van der Waals surface area (Å²) in [5, 5.41) is 3.63. The number of anilines is 1. The maximum Gasteiger partial charge on any atom is 0.435 e. The summed E-state index contributed by atoms with van der Waals surface area (Å²) in [6.07, 6.45) is -3.02. The normalized spacial score (nSPS) is 17.8. The molecule has 1 fully saturated rings. The molecule has 0 spiro atoms. The third-order valence-electron chi connectivity index (χ3n) is 3.40. The van der Waals surface area contributed by atoms with E-state index < -0.39 is 11.9 Å². The lowest BCUT2D eigenvalue weighted by Gasteiger charge is -2.22. The molecule has 1 aliphatic rings.